The van der Waals surface area contributed by atoms with Gasteiger partial charge in [-0.1, -0.05) is 6.07 Å². The summed E-state index contributed by atoms with van der Waals surface area (Å²) in [5.74, 6) is 2.00. The molecule has 3 aromatic rings. The number of nitrogens with one attached hydrogen (secondary N) is 1. The van der Waals surface area contributed by atoms with Gasteiger partial charge in [-0.3, -0.25) is 4.79 Å². The zero-order chi connectivity index (χ0) is 18.5. The number of carbonyl (C=O) groups is 1. The van der Waals surface area contributed by atoms with Crippen molar-refractivity contribution in [2.24, 2.45) is 0 Å². The molecule has 1 N–H and O–H groups in total. The molecule has 0 fully saturated rings. The normalized spacial score (nSPS) is 10.3. The van der Waals surface area contributed by atoms with Crippen LogP contribution in [0.1, 0.15) is 21.5 Å². The van der Waals surface area contributed by atoms with Crippen LogP contribution >= 0.6 is 0 Å². The number of carbonyl (C=O) groups excluding carboxylic acids is 1. The van der Waals surface area contributed by atoms with Gasteiger partial charge >= 0.3 is 0 Å². The highest BCUT2D eigenvalue weighted by Gasteiger charge is 2.07. The molecule has 0 aromatic heterocycles. The molecule has 3 rings (SSSR count). The van der Waals surface area contributed by atoms with Crippen molar-refractivity contribution >= 4 is 11.6 Å². The number of amides is 1. The fourth-order valence-electron chi connectivity index (χ4n) is 2.48. The van der Waals surface area contributed by atoms with Crippen LogP contribution in [0.4, 0.5) is 5.69 Å². The Labute approximate surface area is 153 Å². The van der Waals surface area contributed by atoms with Crippen LogP contribution in [-0.4, -0.2) is 13.0 Å². The van der Waals surface area contributed by atoms with Gasteiger partial charge in [-0.2, -0.15) is 0 Å². The van der Waals surface area contributed by atoms with E-state index in [1.165, 1.54) is 5.56 Å². The van der Waals surface area contributed by atoms with Gasteiger partial charge < -0.3 is 14.8 Å². The zero-order valence-electron chi connectivity index (χ0n) is 15.1. The third-order valence-electron chi connectivity index (χ3n) is 4.18. The Balaban J connectivity index is 1.66. The van der Waals surface area contributed by atoms with Crippen molar-refractivity contribution in [3.8, 4) is 17.2 Å². The molecular formula is C22H21NO3. The molecule has 1 amide bonds. The van der Waals surface area contributed by atoms with E-state index in [9.17, 15) is 4.79 Å². The molecule has 4 heteroatoms. The van der Waals surface area contributed by atoms with Crippen molar-refractivity contribution in [1.82, 2.24) is 0 Å². The monoisotopic (exact) mass is 347 g/mol. The van der Waals surface area contributed by atoms with Crippen LogP contribution in [-0.2, 0) is 0 Å². The van der Waals surface area contributed by atoms with E-state index < -0.39 is 0 Å². The lowest BCUT2D eigenvalue weighted by Crippen LogP contribution is -2.11. The molecule has 132 valence electrons. The SMILES string of the molecule is COc1ccc(Oc2ccc(C(=O)Nc3ccc(C)c(C)c3)cc2)cc1. The molecule has 0 aliphatic heterocycles. The molecule has 3 aromatic carbocycles. The molecule has 0 aliphatic carbocycles. The molecule has 0 unspecified atom stereocenters. The Morgan fingerprint density at radius 1 is 0.769 bits per heavy atom. The molecule has 0 heterocycles. The molecule has 0 spiro atoms. The standard InChI is InChI=1S/C22H21NO3/c1-15-4-7-18(14-16(15)2)23-22(24)17-5-8-20(9-6-17)26-21-12-10-19(25-3)11-13-21/h4-14H,1-3H3,(H,23,24). The number of aryl methyl sites for hydroxylation is 2. The third-order valence-corrected chi connectivity index (χ3v) is 4.18. The smallest absolute Gasteiger partial charge is 0.255 e. The summed E-state index contributed by atoms with van der Waals surface area (Å²) in [5, 5.41) is 2.91. The number of rotatable bonds is 5. The van der Waals surface area contributed by atoms with Crippen LogP contribution in [0.25, 0.3) is 0 Å². The number of hydrogen-bond donors (Lipinski definition) is 1. The van der Waals surface area contributed by atoms with Crippen molar-refractivity contribution < 1.29 is 14.3 Å². The molecule has 0 saturated heterocycles. The average molecular weight is 347 g/mol. The van der Waals surface area contributed by atoms with Crippen molar-refractivity contribution in [2.75, 3.05) is 12.4 Å². The lowest BCUT2D eigenvalue weighted by atomic mass is 10.1. The molecule has 0 atom stereocenters. The van der Waals surface area contributed by atoms with E-state index in [2.05, 4.69) is 5.32 Å². The number of methoxy groups -OCH3 is 1. The number of anilines is 1. The fraction of sp³-hybridized carbons (Fsp3) is 0.136. The van der Waals surface area contributed by atoms with Crippen molar-refractivity contribution in [1.29, 1.82) is 0 Å². The Morgan fingerprint density at radius 3 is 1.92 bits per heavy atom. The topological polar surface area (TPSA) is 47.6 Å². The van der Waals surface area contributed by atoms with Gasteiger partial charge in [0.15, 0.2) is 0 Å². The third kappa shape index (κ3) is 4.22. The summed E-state index contributed by atoms with van der Waals surface area (Å²) < 4.78 is 10.9. The molecular weight excluding hydrogens is 326 g/mol. The van der Waals surface area contributed by atoms with Gasteiger partial charge in [0.1, 0.15) is 17.2 Å². The zero-order valence-corrected chi connectivity index (χ0v) is 15.1. The summed E-state index contributed by atoms with van der Waals surface area (Å²) in [6, 6.07) is 20.2. The van der Waals surface area contributed by atoms with E-state index in [4.69, 9.17) is 9.47 Å². The predicted molar refractivity (Wildman–Crippen MR) is 103 cm³/mol. The van der Waals surface area contributed by atoms with Gasteiger partial charge in [0.05, 0.1) is 7.11 Å². The van der Waals surface area contributed by atoms with E-state index >= 15 is 0 Å². The van der Waals surface area contributed by atoms with Crippen molar-refractivity contribution in [3.63, 3.8) is 0 Å². The minimum absolute atomic E-state index is 0.149. The second kappa shape index (κ2) is 7.74. The number of hydrogen-bond acceptors (Lipinski definition) is 3. The summed E-state index contributed by atoms with van der Waals surface area (Å²) in [6.45, 7) is 4.07. The van der Waals surface area contributed by atoms with E-state index in [1.807, 2.05) is 56.3 Å². The second-order valence-electron chi connectivity index (χ2n) is 6.06. The van der Waals surface area contributed by atoms with Crippen LogP contribution in [0.2, 0.25) is 0 Å². The van der Waals surface area contributed by atoms with E-state index in [0.717, 1.165) is 17.0 Å². The molecule has 4 nitrogen and oxygen atoms in total. The number of benzene rings is 3. The highest BCUT2D eigenvalue weighted by atomic mass is 16.5. The Kier molecular flexibility index (Phi) is 5.23. The second-order valence-corrected chi connectivity index (χ2v) is 6.06. The fourth-order valence-corrected chi connectivity index (χ4v) is 2.48. The molecule has 0 radical (unpaired) electrons. The summed E-state index contributed by atoms with van der Waals surface area (Å²) in [7, 11) is 1.62. The maximum Gasteiger partial charge on any atom is 0.255 e. The minimum Gasteiger partial charge on any atom is -0.497 e. The molecule has 0 bridgehead atoms. The lowest BCUT2D eigenvalue weighted by molar-refractivity contribution is 0.102. The van der Waals surface area contributed by atoms with E-state index in [1.54, 1.807) is 31.4 Å². The van der Waals surface area contributed by atoms with Crippen LogP contribution in [0.5, 0.6) is 17.2 Å². The maximum absolute atomic E-state index is 12.4. The highest BCUT2D eigenvalue weighted by Crippen LogP contribution is 2.24. The van der Waals surface area contributed by atoms with Crippen LogP contribution in [0.3, 0.4) is 0 Å². The average Bonchev–Trinajstić information content (AvgIpc) is 2.66. The highest BCUT2D eigenvalue weighted by molar-refractivity contribution is 6.04. The Morgan fingerprint density at radius 2 is 1.35 bits per heavy atom. The predicted octanol–water partition coefficient (Wildman–Crippen LogP) is 5.36. The lowest BCUT2D eigenvalue weighted by Gasteiger charge is -2.09. The first-order valence-electron chi connectivity index (χ1n) is 8.36. The first kappa shape index (κ1) is 17.5. The van der Waals surface area contributed by atoms with Gasteiger partial charge in [0.25, 0.3) is 5.91 Å². The van der Waals surface area contributed by atoms with Gasteiger partial charge in [0, 0.05) is 11.3 Å². The summed E-state index contributed by atoms with van der Waals surface area (Å²) in [5.41, 5.74) is 3.70. The van der Waals surface area contributed by atoms with Crippen LogP contribution in [0.15, 0.2) is 66.7 Å². The van der Waals surface area contributed by atoms with Crippen LogP contribution < -0.4 is 14.8 Å². The molecule has 0 saturated carbocycles. The van der Waals surface area contributed by atoms with Crippen LogP contribution in [0, 0.1) is 13.8 Å². The first-order valence-corrected chi connectivity index (χ1v) is 8.36. The van der Waals surface area contributed by atoms with Gasteiger partial charge in [-0.25, -0.2) is 0 Å². The Bertz CT molecular complexity index is 900. The summed E-state index contributed by atoms with van der Waals surface area (Å²) >= 11 is 0. The summed E-state index contributed by atoms with van der Waals surface area (Å²) in [6.07, 6.45) is 0. The van der Waals surface area contributed by atoms with Gasteiger partial charge in [-0.05, 0) is 85.6 Å². The quantitative estimate of drug-likeness (QED) is 0.676. The van der Waals surface area contributed by atoms with Crippen molar-refractivity contribution in [3.05, 3.63) is 83.4 Å². The molecule has 0 aliphatic rings. The van der Waals surface area contributed by atoms with E-state index in [0.29, 0.717) is 17.1 Å². The first-order chi connectivity index (χ1) is 12.5. The largest absolute Gasteiger partial charge is 0.497 e. The van der Waals surface area contributed by atoms with Crippen molar-refractivity contribution in [2.45, 2.75) is 13.8 Å². The maximum atomic E-state index is 12.4. The minimum atomic E-state index is -0.149. The molecule has 26 heavy (non-hydrogen) atoms. The number of ether oxygens (including phenoxy) is 2. The van der Waals surface area contributed by atoms with E-state index in [-0.39, 0.29) is 5.91 Å². The Hall–Kier alpha value is -3.27. The van der Waals surface area contributed by atoms with Gasteiger partial charge in [-0.15, -0.1) is 0 Å². The van der Waals surface area contributed by atoms with Gasteiger partial charge in [0.2, 0.25) is 0 Å². The summed E-state index contributed by atoms with van der Waals surface area (Å²) in [4.78, 5) is 12.4.